The summed E-state index contributed by atoms with van der Waals surface area (Å²) in [6, 6.07) is 6.67. The van der Waals surface area contributed by atoms with E-state index in [4.69, 9.17) is 14.0 Å². The average molecular weight is 645 g/mol. The van der Waals surface area contributed by atoms with Crippen LogP contribution in [0.25, 0.3) is 11.5 Å². The van der Waals surface area contributed by atoms with Crippen molar-refractivity contribution in [2.24, 2.45) is 5.92 Å². The average Bonchev–Trinajstić information content (AvgIpc) is 3.72. The number of carbonyl (C=O) groups excluding carboxylic acids is 4. The van der Waals surface area contributed by atoms with E-state index in [0.717, 1.165) is 17.7 Å². The van der Waals surface area contributed by atoms with Crippen LogP contribution < -0.4 is 26.0 Å². The number of ether oxygens (including phenoxy) is 2. The van der Waals surface area contributed by atoms with Crippen molar-refractivity contribution in [1.29, 1.82) is 0 Å². The van der Waals surface area contributed by atoms with E-state index in [9.17, 15) is 19.2 Å². The molecule has 0 radical (unpaired) electrons. The van der Waals surface area contributed by atoms with E-state index in [2.05, 4.69) is 41.6 Å². The highest BCUT2D eigenvalue weighted by molar-refractivity contribution is 6.60. The van der Waals surface area contributed by atoms with Crippen LogP contribution in [0.1, 0.15) is 49.9 Å². The lowest BCUT2D eigenvalue weighted by molar-refractivity contribution is -0.122. The van der Waals surface area contributed by atoms with Gasteiger partial charge in [-0.15, -0.1) is 10.2 Å². The predicted octanol–water partition coefficient (Wildman–Crippen LogP) is -0.649. The largest absolute Gasteiger partial charge is 0.494 e. The number of benzene rings is 1. The number of likely N-dealkylation sites (N-methyl/N-ethyl adjacent to an activating group) is 1. The van der Waals surface area contributed by atoms with Gasteiger partial charge < -0.3 is 40.2 Å². The summed E-state index contributed by atoms with van der Waals surface area (Å²) in [4.78, 5) is 55.7. The summed E-state index contributed by atoms with van der Waals surface area (Å²) in [5.74, 6) is -0.334. The Morgan fingerprint density at radius 1 is 1.09 bits per heavy atom. The Balaban J connectivity index is 1.52. The van der Waals surface area contributed by atoms with Crippen molar-refractivity contribution in [3.8, 4) is 17.2 Å². The number of nitrogens with zero attached hydrogens (tertiary/aromatic N) is 5. The second-order valence-corrected chi connectivity index (χ2v) is 13.1. The summed E-state index contributed by atoms with van der Waals surface area (Å²) in [6.45, 7) is 4.92. The molecule has 16 nitrogen and oxygen atoms in total. The van der Waals surface area contributed by atoms with Crippen LogP contribution in [0.4, 0.5) is 22.0 Å². The molecule has 2 heterocycles. The number of aromatic nitrogens is 4. The molecule has 4 N–H and O–H groups in total. The van der Waals surface area contributed by atoms with Gasteiger partial charge in [-0.2, -0.15) is 4.98 Å². The molecule has 0 bridgehead atoms. The molecule has 2 aromatic heterocycles. The lowest BCUT2D eigenvalue weighted by Gasteiger charge is -2.24. The molecule has 4 amide bonds. The van der Waals surface area contributed by atoms with Gasteiger partial charge in [0.25, 0.3) is 11.8 Å². The van der Waals surface area contributed by atoms with Gasteiger partial charge in [0, 0.05) is 19.0 Å². The van der Waals surface area contributed by atoms with E-state index in [-0.39, 0.29) is 53.8 Å². The van der Waals surface area contributed by atoms with Crippen molar-refractivity contribution in [2.45, 2.75) is 51.0 Å². The summed E-state index contributed by atoms with van der Waals surface area (Å²) < 4.78 is 16.4. The van der Waals surface area contributed by atoms with Crippen LogP contribution in [0.5, 0.6) is 5.75 Å². The predicted molar refractivity (Wildman–Crippen MR) is 179 cm³/mol. The van der Waals surface area contributed by atoms with Crippen molar-refractivity contribution < 1.29 is 33.2 Å². The molecule has 1 aliphatic rings. The van der Waals surface area contributed by atoms with E-state index >= 15 is 0 Å². The van der Waals surface area contributed by atoms with Crippen LogP contribution >= 0.6 is 0 Å². The zero-order valence-electron chi connectivity index (χ0n) is 27.8. The van der Waals surface area contributed by atoms with Gasteiger partial charge >= 0.3 is 6.09 Å². The van der Waals surface area contributed by atoms with Crippen LogP contribution in [0.3, 0.4) is 0 Å². The van der Waals surface area contributed by atoms with Gasteiger partial charge in [-0.1, -0.05) is 11.2 Å². The zero-order chi connectivity index (χ0) is 34.5. The molecule has 1 aliphatic carbocycles. The van der Waals surface area contributed by atoms with E-state index in [1.165, 1.54) is 20.2 Å². The molecule has 0 saturated heterocycles. The molecule has 47 heavy (non-hydrogen) atoms. The van der Waals surface area contributed by atoms with E-state index < -0.39 is 28.7 Å². The fourth-order valence-corrected chi connectivity index (χ4v) is 4.15. The van der Waals surface area contributed by atoms with Gasteiger partial charge in [0.05, 0.1) is 30.6 Å². The number of rotatable bonds is 12. The summed E-state index contributed by atoms with van der Waals surface area (Å²) in [5.41, 5.74) is 0.446. The first kappa shape index (κ1) is 34.8. The van der Waals surface area contributed by atoms with Gasteiger partial charge in [0.1, 0.15) is 35.7 Å². The molecule has 1 aromatic carbocycles. The third-order valence-corrected chi connectivity index (χ3v) is 6.41. The number of hydrogen-bond donors (Lipinski definition) is 4. The van der Waals surface area contributed by atoms with Crippen molar-refractivity contribution in [1.82, 2.24) is 35.9 Å². The molecule has 246 valence electrons. The smallest absolute Gasteiger partial charge is 0.410 e. The van der Waals surface area contributed by atoms with Gasteiger partial charge in [0.15, 0.2) is 23.1 Å². The van der Waals surface area contributed by atoms with Gasteiger partial charge in [-0.3, -0.25) is 14.4 Å². The van der Waals surface area contributed by atoms with Gasteiger partial charge in [-0.25, -0.2) is 4.79 Å². The molecular formula is C28H38B3N9O7. The molecule has 0 aliphatic heterocycles. The zero-order valence-corrected chi connectivity index (χ0v) is 27.8. The SMILES string of the molecule is BC(B)(B)NC(=O)c1nnc(NC(=O)C2CC2)cc1Nc1cccc(-c2nc(CNC(=O)CN(C)C(=O)OC(C)(C)C)no2)c1OC. The number of nitrogens with one attached hydrogen (secondary N) is 4. The topological polar surface area (TPSA) is 203 Å². The lowest BCUT2D eigenvalue weighted by Crippen LogP contribution is -2.50. The molecule has 3 aromatic rings. The number of hydrogen-bond acceptors (Lipinski definition) is 12. The maximum atomic E-state index is 13.2. The summed E-state index contributed by atoms with van der Waals surface area (Å²) in [7, 11) is 8.45. The van der Waals surface area contributed by atoms with E-state index in [1.807, 2.05) is 23.5 Å². The third-order valence-electron chi connectivity index (χ3n) is 6.41. The lowest BCUT2D eigenvalue weighted by atomic mass is 9.49. The Morgan fingerprint density at radius 2 is 1.81 bits per heavy atom. The molecule has 0 spiro atoms. The van der Waals surface area contributed by atoms with Gasteiger partial charge in [0.2, 0.25) is 11.8 Å². The molecule has 1 saturated carbocycles. The van der Waals surface area contributed by atoms with Crippen LogP contribution in [-0.2, 0) is 20.9 Å². The van der Waals surface area contributed by atoms with Gasteiger partial charge in [-0.05, 0) is 51.0 Å². The number of methoxy groups -OCH3 is 1. The van der Waals surface area contributed by atoms with Crippen LogP contribution in [0.15, 0.2) is 28.8 Å². The van der Waals surface area contributed by atoms with Crippen molar-refractivity contribution in [2.75, 3.05) is 31.3 Å². The Bertz CT molecular complexity index is 1650. The van der Waals surface area contributed by atoms with Crippen molar-refractivity contribution in [3.05, 3.63) is 35.8 Å². The van der Waals surface area contributed by atoms with Crippen molar-refractivity contribution >= 4 is 64.5 Å². The van der Waals surface area contributed by atoms with Crippen LogP contribution in [0, 0.1) is 5.92 Å². The summed E-state index contributed by atoms with van der Waals surface area (Å²) in [6.07, 6.45) is 1.00. The second-order valence-electron chi connectivity index (χ2n) is 13.1. The molecule has 19 heteroatoms. The fourth-order valence-electron chi connectivity index (χ4n) is 4.15. The first-order valence-corrected chi connectivity index (χ1v) is 15.0. The minimum absolute atomic E-state index is 0.00457. The first-order chi connectivity index (χ1) is 22.0. The molecular weight excluding hydrogens is 607 g/mol. The fraction of sp³-hybridized carbons (Fsp3) is 0.429. The maximum absolute atomic E-state index is 13.2. The third kappa shape index (κ3) is 9.95. The monoisotopic (exact) mass is 645 g/mol. The molecule has 1 fully saturated rings. The first-order valence-electron chi connectivity index (χ1n) is 15.0. The Labute approximate surface area is 274 Å². The minimum Gasteiger partial charge on any atom is -0.494 e. The highest BCUT2D eigenvalue weighted by Crippen LogP contribution is 2.38. The van der Waals surface area contributed by atoms with Crippen LogP contribution in [0.2, 0.25) is 0 Å². The van der Waals surface area contributed by atoms with E-state index in [0.29, 0.717) is 17.0 Å². The van der Waals surface area contributed by atoms with Crippen molar-refractivity contribution in [3.63, 3.8) is 0 Å². The highest BCUT2D eigenvalue weighted by Gasteiger charge is 2.30. The number of amides is 4. The Kier molecular flexibility index (Phi) is 10.5. The summed E-state index contributed by atoms with van der Waals surface area (Å²) in [5, 5.41) is 23.1. The normalized spacial score (nSPS) is 12.9. The Morgan fingerprint density at radius 3 is 2.45 bits per heavy atom. The second kappa shape index (κ2) is 14.1. The molecule has 0 unspecified atom stereocenters. The maximum Gasteiger partial charge on any atom is 0.410 e. The highest BCUT2D eigenvalue weighted by atomic mass is 16.6. The standard InChI is InChI=1S/C28H38B3N9O7/c1-27(2,3)46-26(44)40(4)13-20(41)32-12-19-35-25(47-39-19)15-7-6-8-16(22(15)45-5)33-17-11-18(34-23(42)14-9-10-14)37-38-21(17)24(43)36-28(29,30)31/h6-8,11,14H,9-10,12-13,29-31H2,1-5H3,(H,32,41)(H,36,43)(H2,33,34,37,42). The molecule has 0 atom stereocenters. The summed E-state index contributed by atoms with van der Waals surface area (Å²) >= 11 is 0. The minimum atomic E-state index is -0.689. The number of carbonyl (C=O) groups is 4. The quantitative estimate of drug-likeness (QED) is 0.182. The van der Waals surface area contributed by atoms with Crippen LogP contribution in [-0.4, -0.2) is 104 Å². The number of para-hydroxylation sites is 1. The van der Waals surface area contributed by atoms with E-state index in [1.54, 1.807) is 39.0 Å². The molecule has 4 rings (SSSR count). The Hall–Kier alpha value is -5.09. The number of anilines is 3.